The van der Waals surface area contributed by atoms with Gasteiger partial charge in [0.05, 0.1) is 5.38 Å². The molecule has 0 fully saturated rings. The molecule has 0 spiro atoms. The van der Waals surface area contributed by atoms with Crippen LogP contribution in [-0.2, 0) is 0 Å². The molecule has 2 aromatic rings. The van der Waals surface area contributed by atoms with Gasteiger partial charge in [0.2, 0.25) is 0 Å². The Morgan fingerprint density at radius 2 is 1.55 bits per heavy atom. The first kappa shape index (κ1) is 15.6. The van der Waals surface area contributed by atoms with Gasteiger partial charge in [-0.1, -0.05) is 66.2 Å². The van der Waals surface area contributed by atoms with Gasteiger partial charge in [-0.05, 0) is 47.6 Å². The van der Waals surface area contributed by atoms with Crippen molar-refractivity contribution in [1.29, 1.82) is 0 Å². The van der Waals surface area contributed by atoms with Gasteiger partial charge in [0.1, 0.15) is 0 Å². The molecule has 0 aliphatic rings. The van der Waals surface area contributed by atoms with Gasteiger partial charge in [0.15, 0.2) is 0 Å². The second-order valence-electron chi connectivity index (χ2n) is 5.35. The first-order valence-electron chi connectivity index (χ1n) is 7.03. The number of aryl methyl sites for hydroxylation is 1. The molecule has 106 valence electrons. The maximum Gasteiger partial charge on any atom is 0.0835 e. The Morgan fingerprint density at radius 3 is 2.10 bits per heavy atom. The van der Waals surface area contributed by atoms with Crippen molar-refractivity contribution in [3.05, 3.63) is 69.2 Å². The fourth-order valence-electron chi connectivity index (χ4n) is 2.19. The summed E-state index contributed by atoms with van der Waals surface area (Å²) < 4.78 is 1.11. The van der Waals surface area contributed by atoms with E-state index >= 15 is 0 Å². The summed E-state index contributed by atoms with van der Waals surface area (Å²) in [6.45, 7) is 6.55. The Balaban J connectivity index is 2.24. The summed E-state index contributed by atoms with van der Waals surface area (Å²) in [5.41, 5.74) is 4.88. The summed E-state index contributed by atoms with van der Waals surface area (Å²) in [5.74, 6) is 0.603. The van der Waals surface area contributed by atoms with Gasteiger partial charge in [-0.2, -0.15) is 0 Å². The van der Waals surface area contributed by atoms with Crippen LogP contribution in [0, 0.1) is 6.92 Å². The second kappa shape index (κ2) is 6.78. The minimum atomic E-state index is -0.0992. The number of alkyl halides is 1. The van der Waals surface area contributed by atoms with Gasteiger partial charge in [-0.25, -0.2) is 0 Å². The molecule has 0 bridgehead atoms. The third-order valence-corrected chi connectivity index (χ3v) is 5.26. The average molecular weight is 352 g/mol. The van der Waals surface area contributed by atoms with Crippen LogP contribution >= 0.6 is 27.5 Å². The molecule has 2 atom stereocenters. The van der Waals surface area contributed by atoms with E-state index in [1.54, 1.807) is 0 Å². The predicted molar refractivity (Wildman–Crippen MR) is 91.7 cm³/mol. The van der Waals surface area contributed by atoms with Gasteiger partial charge in [-0.15, -0.1) is 11.6 Å². The monoisotopic (exact) mass is 350 g/mol. The van der Waals surface area contributed by atoms with E-state index in [4.69, 9.17) is 11.6 Å². The average Bonchev–Trinajstić information content (AvgIpc) is 2.48. The fraction of sp³-hybridized carbons (Fsp3) is 0.333. The molecule has 0 nitrogen and oxygen atoms in total. The Bertz CT molecular complexity index is 574. The smallest absolute Gasteiger partial charge is 0.0835 e. The van der Waals surface area contributed by atoms with Crippen LogP contribution in [0.25, 0.3) is 0 Å². The van der Waals surface area contributed by atoms with Crippen molar-refractivity contribution in [2.75, 3.05) is 0 Å². The quantitative estimate of drug-likeness (QED) is 0.544. The number of halogens is 2. The highest BCUT2D eigenvalue weighted by molar-refractivity contribution is 9.10. The molecule has 0 amide bonds. The van der Waals surface area contributed by atoms with Gasteiger partial charge in [-0.3, -0.25) is 0 Å². The Labute approximate surface area is 135 Å². The van der Waals surface area contributed by atoms with E-state index in [0.29, 0.717) is 5.92 Å². The van der Waals surface area contributed by atoms with Crippen molar-refractivity contribution < 1.29 is 0 Å². The third-order valence-electron chi connectivity index (χ3n) is 3.90. The zero-order chi connectivity index (χ0) is 14.7. The molecular weight excluding hydrogens is 332 g/mol. The van der Waals surface area contributed by atoms with Crippen molar-refractivity contribution in [3.8, 4) is 0 Å². The van der Waals surface area contributed by atoms with Crippen LogP contribution in [0.5, 0.6) is 0 Å². The van der Waals surface area contributed by atoms with E-state index in [2.05, 4.69) is 79.2 Å². The number of benzene rings is 2. The molecule has 0 aromatic heterocycles. The van der Waals surface area contributed by atoms with Gasteiger partial charge in [0, 0.05) is 4.47 Å². The lowest BCUT2D eigenvalue weighted by atomic mass is 9.96. The Morgan fingerprint density at radius 1 is 1.00 bits per heavy atom. The highest BCUT2D eigenvalue weighted by atomic mass is 79.9. The molecule has 20 heavy (non-hydrogen) atoms. The van der Waals surface area contributed by atoms with Crippen LogP contribution in [0.3, 0.4) is 0 Å². The van der Waals surface area contributed by atoms with Crippen LogP contribution in [0.4, 0.5) is 0 Å². The molecular formula is C18H20BrCl. The van der Waals surface area contributed by atoms with Gasteiger partial charge in [0.25, 0.3) is 0 Å². The van der Waals surface area contributed by atoms with Gasteiger partial charge >= 0.3 is 0 Å². The standard InChI is InChI=1S/C18H20BrCl/c1-4-12(2)14-7-9-15(10-8-14)18(20)16-6-5-13(3)17(19)11-16/h5-12,18H,4H2,1-3H3. The number of hydrogen-bond acceptors (Lipinski definition) is 0. The normalized spacial score (nSPS) is 14.1. The van der Waals surface area contributed by atoms with Crippen molar-refractivity contribution in [2.24, 2.45) is 0 Å². The van der Waals surface area contributed by atoms with Crippen LogP contribution in [0.15, 0.2) is 46.9 Å². The highest BCUT2D eigenvalue weighted by Gasteiger charge is 2.12. The number of hydrogen-bond donors (Lipinski definition) is 0. The van der Waals surface area contributed by atoms with Gasteiger partial charge < -0.3 is 0 Å². The summed E-state index contributed by atoms with van der Waals surface area (Å²) in [4.78, 5) is 0. The Kier molecular flexibility index (Phi) is 5.29. The highest BCUT2D eigenvalue weighted by Crippen LogP contribution is 2.32. The van der Waals surface area contributed by atoms with Crippen molar-refractivity contribution >= 4 is 27.5 Å². The first-order chi connectivity index (χ1) is 9.52. The van der Waals surface area contributed by atoms with E-state index in [-0.39, 0.29) is 5.38 Å². The molecule has 2 rings (SSSR count). The van der Waals surface area contributed by atoms with E-state index < -0.39 is 0 Å². The van der Waals surface area contributed by atoms with Crippen LogP contribution in [0.1, 0.15) is 53.8 Å². The topological polar surface area (TPSA) is 0 Å². The zero-order valence-corrected chi connectivity index (χ0v) is 14.5. The zero-order valence-electron chi connectivity index (χ0n) is 12.2. The minimum Gasteiger partial charge on any atom is -0.113 e. The lowest BCUT2D eigenvalue weighted by Crippen LogP contribution is -1.96. The van der Waals surface area contributed by atoms with Crippen molar-refractivity contribution in [2.45, 2.75) is 38.5 Å². The van der Waals surface area contributed by atoms with E-state index in [1.807, 2.05) is 0 Å². The molecule has 2 heteroatoms. The molecule has 2 aromatic carbocycles. The molecule has 0 heterocycles. The molecule has 0 aliphatic carbocycles. The maximum atomic E-state index is 6.60. The predicted octanol–water partition coefficient (Wildman–Crippen LogP) is 6.60. The molecule has 0 aliphatic heterocycles. The minimum absolute atomic E-state index is 0.0992. The Hall–Kier alpha value is -0.790. The van der Waals surface area contributed by atoms with Crippen molar-refractivity contribution in [1.82, 2.24) is 0 Å². The molecule has 0 N–H and O–H groups in total. The summed E-state index contributed by atoms with van der Waals surface area (Å²) >= 11 is 10.2. The van der Waals surface area contributed by atoms with E-state index in [1.165, 1.54) is 11.1 Å². The third kappa shape index (κ3) is 3.45. The van der Waals surface area contributed by atoms with E-state index in [0.717, 1.165) is 22.0 Å². The van der Waals surface area contributed by atoms with E-state index in [9.17, 15) is 0 Å². The SMILES string of the molecule is CCC(C)c1ccc(C(Cl)c2ccc(C)c(Br)c2)cc1. The second-order valence-corrected chi connectivity index (χ2v) is 6.64. The molecule has 0 saturated carbocycles. The van der Waals surface area contributed by atoms with Crippen LogP contribution < -0.4 is 0 Å². The van der Waals surface area contributed by atoms with Crippen LogP contribution in [-0.4, -0.2) is 0 Å². The summed E-state index contributed by atoms with van der Waals surface area (Å²) in [5, 5.41) is -0.0992. The summed E-state index contributed by atoms with van der Waals surface area (Å²) in [6, 6.07) is 15.0. The summed E-state index contributed by atoms with van der Waals surface area (Å²) in [7, 11) is 0. The largest absolute Gasteiger partial charge is 0.113 e. The lowest BCUT2D eigenvalue weighted by Gasteiger charge is -2.14. The number of rotatable bonds is 4. The molecule has 2 unspecified atom stereocenters. The first-order valence-corrected chi connectivity index (χ1v) is 8.25. The summed E-state index contributed by atoms with van der Waals surface area (Å²) in [6.07, 6.45) is 1.16. The maximum absolute atomic E-state index is 6.60. The van der Waals surface area contributed by atoms with Crippen LogP contribution in [0.2, 0.25) is 0 Å². The lowest BCUT2D eigenvalue weighted by molar-refractivity contribution is 0.733. The fourth-order valence-corrected chi connectivity index (χ4v) is 2.87. The molecule has 0 saturated heterocycles. The van der Waals surface area contributed by atoms with Crippen molar-refractivity contribution in [3.63, 3.8) is 0 Å². The molecule has 0 radical (unpaired) electrons.